The molecule has 0 radical (unpaired) electrons. The molecule has 0 saturated heterocycles. The van der Waals surface area contributed by atoms with Crippen molar-refractivity contribution >= 4 is 5.91 Å². The molecule has 0 atom stereocenters. The Morgan fingerprint density at radius 2 is 2.07 bits per heavy atom. The van der Waals surface area contributed by atoms with E-state index < -0.39 is 0 Å². The van der Waals surface area contributed by atoms with Gasteiger partial charge in [-0.15, -0.1) is 0 Å². The van der Waals surface area contributed by atoms with Crippen molar-refractivity contribution in [3.8, 4) is 5.75 Å². The average molecular weight is 193 g/mol. The zero-order chi connectivity index (χ0) is 10.6. The number of amides is 1. The number of benzene rings is 1. The van der Waals surface area contributed by atoms with Crippen LogP contribution in [0.1, 0.15) is 29.8 Å². The van der Waals surface area contributed by atoms with E-state index in [0.29, 0.717) is 6.54 Å². The molecule has 1 N–H and O–H groups in total. The number of hydrogen-bond acceptors (Lipinski definition) is 2. The summed E-state index contributed by atoms with van der Waals surface area (Å²) < 4.78 is 5.11. The van der Waals surface area contributed by atoms with Gasteiger partial charge in [-0.1, -0.05) is 19.9 Å². The average Bonchev–Trinajstić information content (AvgIpc) is 2.64. The van der Waals surface area contributed by atoms with Gasteiger partial charge >= 0.3 is 0 Å². The Morgan fingerprint density at radius 3 is 2.71 bits per heavy atom. The van der Waals surface area contributed by atoms with Crippen molar-refractivity contribution in [3.63, 3.8) is 0 Å². The third-order valence-electron chi connectivity index (χ3n) is 2.02. The van der Waals surface area contributed by atoms with Gasteiger partial charge in [0, 0.05) is 17.7 Å². The quantitative estimate of drug-likeness (QED) is 0.740. The molecule has 0 aromatic heterocycles. The van der Waals surface area contributed by atoms with Crippen LogP contribution < -0.4 is 10.1 Å². The summed E-state index contributed by atoms with van der Waals surface area (Å²) in [4.78, 5) is 11.2. The summed E-state index contributed by atoms with van der Waals surface area (Å²) in [6, 6.07) is 5.49. The van der Waals surface area contributed by atoms with Crippen molar-refractivity contribution in [2.75, 3.05) is 7.11 Å². The fourth-order valence-electron chi connectivity index (χ4n) is 1.42. The second kappa shape index (κ2) is 4.65. The van der Waals surface area contributed by atoms with E-state index in [1.54, 1.807) is 13.2 Å². The van der Waals surface area contributed by atoms with E-state index in [1.807, 2.05) is 26.0 Å². The van der Waals surface area contributed by atoms with Crippen molar-refractivity contribution in [2.24, 2.45) is 0 Å². The minimum atomic E-state index is -0.0103. The van der Waals surface area contributed by atoms with Crippen LogP contribution in [0.25, 0.3) is 0 Å². The molecule has 0 unspecified atom stereocenters. The molecule has 76 valence electrons. The molecule has 1 aromatic carbocycles. The molecule has 0 aliphatic carbocycles. The first-order valence-electron chi connectivity index (χ1n) is 4.77. The van der Waals surface area contributed by atoms with Gasteiger partial charge in [0.1, 0.15) is 5.75 Å². The monoisotopic (exact) mass is 193 g/mol. The first-order valence-corrected chi connectivity index (χ1v) is 4.77. The van der Waals surface area contributed by atoms with Gasteiger partial charge < -0.3 is 10.1 Å². The van der Waals surface area contributed by atoms with E-state index in [9.17, 15) is 4.79 Å². The van der Waals surface area contributed by atoms with Crippen LogP contribution in [0.4, 0.5) is 0 Å². The van der Waals surface area contributed by atoms with E-state index in [-0.39, 0.29) is 5.91 Å². The Balaban J connectivity index is 0.000000461. The highest BCUT2D eigenvalue weighted by atomic mass is 16.5. The molecular formula is C11H15NO2. The number of carbonyl (C=O) groups excluding carboxylic acids is 1. The number of hydrogen-bond donors (Lipinski definition) is 1. The molecule has 0 bridgehead atoms. The lowest BCUT2D eigenvalue weighted by atomic mass is 10.1. The molecule has 1 amide bonds. The Morgan fingerprint density at radius 1 is 1.36 bits per heavy atom. The molecule has 3 nitrogen and oxygen atoms in total. The normalized spacial score (nSPS) is 12.4. The molecule has 0 fully saturated rings. The van der Waals surface area contributed by atoms with Gasteiger partial charge in [-0.05, 0) is 12.1 Å². The summed E-state index contributed by atoms with van der Waals surface area (Å²) in [7, 11) is 1.61. The van der Waals surface area contributed by atoms with Gasteiger partial charge in [-0.2, -0.15) is 0 Å². The first kappa shape index (κ1) is 10.6. The highest BCUT2D eigenvalue weighted by Crippen LogP contribution is 2.25. The molecule has 0 spiro atoms. The number of ether oxygens (including phenoxy) is 1. The highest BCUT2D eigenvalue weighted by molar-refractivity contribution is 5.99. The Hall–Kier alpha value is -1.51. The van der Waals surface area contributed by atoms with E-state index in [0.717, 1.165) is 16.9 Å². The van der Waals surface area contributed by atoms with Gasteiger partial charge in [0.15, 0.2) is 0 Å². The number of fused-ring (bicyclic) bond motifs is 1. The van der Waals surface area contributed by atoms with Crippen LogP contribution in [0.3, 0.4) is 0 Å². The van der Waals surface area contributed by atoms with Crippen LogP contribution in [0.5, 0.6) is 5.75 Å². The van der Waals surface area contributed by atoms with E-state index in [2.05, 4.69) is 5.32 Å². The number of methoxy groups -OCH3 is 1. The lowest BCUT2D eigenvalue weighted by Crippen LogP contribution is -2.12. The molecular weight excluding hydrogens is 178 g/mol. The minimum absolute atomic E-state index is 0.0103. The zero-order valence-electron chi connectivity index (χ0n) is 8.76. The first-order chi connectivity index (χ1) is 6.83. The molecule has 14 heavy (non-hydrogen) atoms. The van der Waals surface area contributed by atoms with Crippen LogP contribution in [-0.2, 0) is 6.54 Å². The Labute approximate surface area is 84.1 Å². The molecule has 0 saturated carbocycles. The van der Waals surface area contributed by atoms with Crippen molar-refractivity contribution in [2.45, 2.75) is 20.4 Å². The SMILES string of the molecule is CC.COc1cccc2c1CNC2=O. The molecule has 2 rings (SSSR count). The third-order valence-corrected chi connectivity index (χ3v) is 2.02. The summed E-state index contributed by atoms with van der Waals surface area (Å²) in [6.07, 6.45) is 0. The van der Waals surface area contributed by atoms with Gasteiger partial charge in [-0.3, -0.25) is 4.79 Å². The predicted octanol–water partition coefficient (Wildman–Crippen LogP) is 1.96. The van der Waals surface area contributed by atoms with Crippen molar-refractivity contribution in [3.05, 3.63) is 29.3 Å². The Kier molecular flexibility index (Phi) is 3.51. The van der Waals surface area contributed by atoms with Crippen LogP contribution in [-0.4, -0.2) is 13.0 Å². The lowest BCUT2D eigenvalue weighted by molar-refractivity contribution is 0.0966. The highest BCUT2D eigenvalue weighted by Gasteiger charge is 2.21. The van der Waals surface area contributed by atoms with Crippen LogP contribution in [0.2, 0.25) is 0 Å². The summed E-state index contributed by atoms with van der Waals surface area (Å²) in [5, 5.41) is 2.74. The van der Waals surface area contributed by atoms with Crippen LogP contribution in [0, 0.1) is 0 Å². The number of nitrogens with one attached hydrogen (secondary N) is 1. The second-order valence-electron chi connectivity index (χ2n) is 2.67. The maximum absolute atomic E-state index is 11.2. The van der Waals surface area contributed by atoms with Crippen molar-refractivity contribution < 1.29 is 9.53 Å². The fraction of sp³-hybridized carbons (Fsp3) is 0.364. The second-order valence-corrected chi connectivity index (χ2v) is 2.67. The van der Waals surface area contributed by atoms with Gasteiger partial charge in [-0.25, -0.2) is 0 Å². The minimum Gasteiger partial charge on any atom is -0.496 e. The molecule has 1 aliphatic heterocycles. The van der Waals surface area contributed by atoms with E-state index in [4.69, 9.17) is 4.74 Å². The summed E-state index contributed by atoms with van der Waals surface area (Å²) in [6.45, 7) is 4.58. The van der Waals surface area contributed by atoms with E-state index >= 15 is 0 Å². The topological polar surface area (TPSA) is 38.3 Å². The molecule has 1 aromatic rings. The summed E-state index contributed by atoms with van der Waals surface area (Å²) in [5.41, 5.74) is 1.69. The fourth-order valence-corrected chi connectivity index (χ4v) is 1.42. The van der Waals surface area contributed by atoms with Gasteiger partial charge in [0.2, 0.25) is 0 Å². The van der Waals surface area contributed by atoms with E-state index in [1.165, 1.54) is 0 Å². The predicted molar refractivity (Wildman–Crippen MR) is 55.5 cm³/mol. The zero-order valence-corrected chi connectivity index (χ0v) is 8.76. The molecule has 3 heteroatoms. The van der Waals surface area contributed by atoms with Gasteiger partial charge in [0.05, 0.1) is 7.11 Å². The lowest BCUT2D eigenvalue weighted by Gasteiger charge is -2.03. The maximum atomic E-state index is 11.2. The molecule has 1 heterocycles. The standard InChI is InChI=1S/C9H9NO2.C2H6/c1-12-8-4-2-3-6-7(8)5-10-9(6)11;1-2/h2-4H,5H2,1H3,(H,10,11);1-2H3. The number of carbonyl (C=O) groups is 1. The van der Waals surface area contributed by atoms with Crippen LogP contribution >= 0.6 is 0 Å². The van der Waals surface area contributed by atoms with Gasteiger partial charge in [0.25, 0.3) is 5.91 Å². The summed E-state index contributed by atoms with van der Waals surface area (Å²) in [5.74, 6) is 0.773. The third kappa shape index (κ3) is 1.71. The Bertz CT molecular complexity index is 334. The molecule has 1 aliphatic rings. The van der Waals surface area contributed by atoms with Crippen molar-refractivity contribution in [1.82, 2.24) is 5.32 Å². The number of rotatable bonds is 1. The summed E-state index contributed by atoms with van der Waals surface area (Å²) >= 11 is 0. The van der Waals surface area contributed by atoms with Crippen molar-refractivity contribution in [1.29, 1.82) is 0 Å². The maximum Gasteiger partial charge on any atom is 0.252 e. The largest absolute Gasteiger partial charge is 0.496 e. The smallest absolute Gasteiger partial charge is 0.252 e. The van der Waals surface area contributed by atoms with Crippen LogP contribution in [0.15, 0.2) is 18.2 Å².